The first kappa shape index (κ1) is 5.61. The van der Waals surface area contributed by atoms with Gasteiger partial charge in [-0.3, -0.25) is 0 Å². The molecule has 0 aromatic carbocycles. The van der Waals surface area contributed by atoms with Crippen LogP contribution in [0.4, 0.5) is 5.69 Å². The monoisotopic (exact) mass is 151 g/mol. The summed E-state index contributed by atoms with van der Waals surface area (Å²) >= 11 is 1.52. The van der Waals surface area contributed by atoms with Gasteiger partial charge in [0, 0.05) is 17.8 Å². The van der Waals surface area contributed by atoms with Crippen LogP contribution in [0.3, 0.4) is 0 Å². The van der Waals surface area contributed by atoms with Gasteiger partial charge in [-0.2, -0.15) is 0 Å². The molecule has 0 aliphatic rings. The zero-order valence-electron chi connectivity index (χ0n) is 5.11. The van der Waals surface area contributed by atoms with Crippen LogP contribution in [0.1, 0.15) is 0 Å². The van der Waals surface area contributed by atoms with Crippen LogP contribution < -0.4 is 5.73 Å². The molecule has 0 aliphatic carbocycles. The fourth-order valence-corrected chi connectivity index (χ4v) is 1.54. The molecule has 0 saturated carbocycles. The number of nitrogens with zero attached hydrogens (tertiary/aromatic N) is 2. The van der Waals surface area contributed by atoms with Gasteiger partial charge < -0.3 is 5.73 Å². The average molecular weight is 151 g/mol. The molecule has 0 atom stereocenters. The number of thiophene rings is 1. The molecule has 4 heteroatoms. The first-order chi connectivity index (χ1) is 4.88. The van der Waals surface area contributed by atoms with Crippen molar-refractivity contribution in [2.75, 3.05) is 5.73 Å². The smallest absolute Gasteiger partial charge is 0.143 e. The van der Waals surface area contributed by atoms with Gasteiger partial charge in [0.2, 0.25) is 0 Å². The standard InChI is InChI=1S/C6H5N3S/c7-4-3-10-6-5(4)8-1-2-9-6/h1-3H,7H2. The number of nitrogen functional groups attached to an aromatic ring is 1. The second-order valence-electron chi connectivity index (χ2n) is 1.90. The van der Waals surface area contributed by atoms with Gasteiger partial charge in [-0.05, 0) is 0 Å². The minimum Gasteiger partial charge on any atom is -0.396 e. The van der Waals surface area contributed by atoms with E-state index in [2.05, 4.69) is 9.97 Å². The molecule has 2 rings (SSSR count). The predicted octanol–water partition coefficient (Wildman–Crippen LogP) is 1.27. The van der Waals surface area contributed by atoms with Crippen LogP contribution in [0.15, 0.2) is 17.8 Å². The molecule has 2 aromatic rings. The minimum absolute atomic E-state index is 0.716. The molecule has 0 aliphatic heterocycles. The van der Waals surface area contributed by atoms with E-state index < -0.39 is 0 Å². The summed E-state index contributed by atoms with van der Waals surface area (Å²) in [6.07, 6.45) is 3.31. The Hall–Kier alpha value is -1.16. The summed E-state index contributed by atoms with van der Waals surface area (Å²) in [5.74, 6) is 0. The van der Waals surface area contributed by atoms with Crippen molar-refractivity contribution < 1.29 is 0 Å². The van der Waals surface area contributed by atoms with Crippen molar-refractivity contribution in [1.29, 1.82) is 0 Å². The third-order valence-electron chi connectivity index (χ3n) is 1.24. The second kappa shape index (κ2) is 1.91. The largest absolute Gasteiger partial charge is 0.396 e. The highest BCUT2D eigenvalue weighted by Crippen LogP contribution is 2.22. The van der Waals surface area contributed by atoms with E-state index in [1.807, 2.05) is 5.38 Å². The molecule has 10 heavy (non-hydrogen) atoms. The van der Waals surface area contributed by atoms with E-state index in [-0.39, 0.29) is 0 Å². The summed E-state index contributed by atoms with van der Waals surface area (Å²) in [6.45, 7) is 0. The van der Waals surface area contributed by atoms with Gasteiger partial charge >= 0.3 is 0 Å². The van der Waals surface area contributed by atoms with Gasteiger partial charge in [-0.25, -0.2) is 9.97 Å². The zero-order valence-corrected chi connectivity index (χ0v) is 5.93. The molecule has 0 radical (unpaired) electrons. The quantitative estimate of drug-likeness (QED) is 0.617. The van der Waals surface area contributed by atoms with E-state index in [0.29, 0.717) is 5.69 Å². The maximum atomic E-state index is 5.58. The van der Waals surface area contributed by atoms with Crippen LogP contribution in [0, 0.1) is 0 Å². The molecular formula is C6H5N3S. The summed E-state index contributed by atoms with van der Waals surface area (Å²) in [5, 5.41) is 1.85. The van der Waals surface area contributed by atoms with Crippen LogP contribution in [-0.2, 0) is 0 Å². The summed E-state index contributed by atoms with van der Waals surface area (Å²) in [5.41, 5.74) is 7.11. The van der Waals surface area contributed by atoms with Crippen molar-refractivity contribution in [3.63, 3.8) is 0 Å². The van der Waals surface area contributed by atoms with Crippen molar-refractivity contribution in [1.82, 2.24) is 9.97 Å². The van der Waals surface area contributed by atoms with Gasteiger partial charge in [-0.1, -0.05) is 0 Å². The van der Waals surface area contributed by atoms with Crippen LogP contribution in [0.2, 0.25) is 0 Å². The Labute approximate surface area is 61.5 Å². The fourth-order valence-electron chi connectivity index (χ4n) is 0.785. The fraction of sp³-hybridized carbons (Fsp3) is 0. The average Bonchev–Trinajstić information content (AvgIpc) is 2.34. The summed E-state index contributed by atoms with van der Waals surface area (Å²) in [7, 11) is 0. The van der Waals surface area contributed by atoms with E-state index in [1.165, 1.54) is 11.3 Å². The normalized spacial score (nSPS) is 10.4. The number of anilines is 1. The SMILES string of the molecule is Nc1csc2nccnc12. The zero-order chi connectivity index (χ0) is 6.97. The molecular weight excluding hydrogens is 146 g/mol. The molecule has 0 spiro atoms. The highest BCUT2D eigenvalue weighted by atomic mass is 32.1. The number of fused-ring (bicyclic) bond motifs is 1. The minimum atomic E-state index is 0.716. The Morgan fingerprint density at radius 1 is 1.30 bits per heavy atom. The van der Waals surface area contributed by atoms with E-state index in [9.17, 15) is 0 Å². The van der Waals surface area contributed by atoms with Crippen LogP contribution in [-0.4, -0.2) is 9.97 Å². The lowest BCUT2D eigenvalue weighted by atomic mass is 10.5. The van der Waals surface area contributed by atoms with Crippen molar-refractivity contribution in [2.45, 2.75) is 0 Å². The molecule has 50 valence electrons. The molecule has 0 fully saturated rings. The lowest BCUT2D eigenvalue weighted by Crippen LogP contribution is -1.83. The van der Waals surface area contributed by atoms with Crippen molar-refractivity contribution >= 4 is 27.4 Å². The Morgan fingerprint density at radius 2 is 2.10 bits per heavy atom. The third-order valence-corrected chi connectivity index (χ3v) is 2.13. The predicted molar refractivity (Wildman–Crippen MR) is 41.8 cm³/mol. The van der Waals surface area contributed by atoms with Crippen molar-refractivity contribution in [3.05, 3.63) is 17.8 Å². The van der Waals surface area contributed by atoms with Crippen molar-refractivity contribution in [2.24, 2.45) is 0 Å². The Balaban J connectivity index is 2.93. The maximum Gasteiger partial charge on any atom is 0.143 e. The van der Waals surface area contributed by atoms with E-state index in [4.69, 9.17) is 5.73 Å². The molecule has 3 nitrogen and oxygen atoms in total. The topological polar surface area (TPSA) is 51.8 Å². The van der Waals surface area contributed by atoms with Crippen LogP contribution in [0.5, 0.6) is 0 Å². The van der Waals surface area contributed by atoms with Crippen LogP contribution in [0.25, 0.3) is 10.3 Å². The lowest BCUT2D eigenvalue weighted by Gasteiger charge is -1.85. The van der Waals surface area contributed by atoms with Crippen LogP contribution >= 0.6 is 11.3 Å². The summed E-state index contributed by atoms with van der Waals surface area (Å²) in [6, 6.07) is 0. The molecule has 0 unspecified atom stereocenters. The Bertz CT molecular complexity index is 355. The highest BCUT2D eigenvalue weighted by molar-refractivity contribution is 7.17. The second-order valence-corrected chi connectivity index (χ2v) is 2.76. The number of hydrogen-bond acceptors (Lipinski definition) is 4. The Morgan fingerprint density at radius 3 is 2.90 bits per heavy atom. The number of rotatable bonds is 0. The van der Waals surface area contributed by atoms with Gasteiger partial charge in [0.1, 0.15) is 10.3 Å². The molecule has 0 amide bonds. The van der Waals surface area contributed by atoms with E-state index in [1.54, 1.807) is 12.4 Å². The maximum absolute atomic E-state index is 5.58. The van der Waals surface area contributed by atoms with E-state index >= 15 is 0 Å². The number of aromatic nitrogens is 2. The molecule has 2 heterocycles. The number of hydrogen-bond donors (Lipinski definition) is 1. The Kier molecular flexibility index (Phi) is 1.07. The first-order valence-corrected chi connectivity index (χ1v) is 3.69. The van der Waals surface area contributed by atoms with Gasteiger partial charge in [0.05, 0.1) is 5.69 Å². The molecule has 2 aromatic heterocycles. The third kappa shape index (κ3) is 0.657. The first-order valence-electron chi connectivity index (χ1n) is 2.81. The number of nitrogens with two attached hydrogens (primary N) is 1. The van der Waals surface area contributed by atoms with Gasteiger partial charge in [-0.15, -0.1) is 11.3 Å². The van der Waals surface area contributed by atoms with Gasteiger partial charge in [0.25, 0.3) is 0 Å². The summed E-state index contributed by atoms with van der Waals surface area (Å²) in [4.78, 5) is 9.04. The van der Waals surface area contributed by atoms with Gasteiger partial charge in [0.15, 0.2) is 0 Å². The lowest BCUT2D eigenvalue weighted by molar-refractivity contribution is 1.32. The van der Waals surface area contributed by atoms with Crippen molar-refractivity contribution in [3.8, 4) is 0 Å². The summed E-state index contributed by atoms with van der Waals surface area (Å²) < 4.78 is 0. The highest BCUT2D eigenvalue weighted by Gasteiger charge is 1.99. The molecule has 2 N–H and O–H groups in total. The molecule has 0 bridgehead atoms. The molecule has 0 saturated heterocycles. The van der Waals surface area contributed by atoms with E-state index in [0.717, 1.165) is 10.3 Å².